The van der Waals surface area contributed by atoms with Crippen LogP contribution in [0, 0.1) is 0 Å². The number of allylic oxidation sites excluding steroid dienone is 4. The highest BCUT2D eigenvalue weighted by Crippen LogP contribution is 2.25. The molecular weight excluding hydrogens is 1180 g/mol. The Labute approximate surface area is 588 Å². The van der Waals surface area contributed by atoms with E-state index >= 15 is 0 Å². The second kappa shape index (κ2) is 72.4. The molecule has 564 valence electrons. The van der Waals surface area contributed by atoms with Crippen LogP contribution in [-0.4, -0.2) is 110 Å². The lowest BCUT2D eigenvalue weighted by molar-refractivity contribution is -0.303. The maximum absolute atomic E-state index is 13.3. The minimum Gasteiger partial charge on any atom is -0.394 e. The first-order chi connectivity index (χ1) is 46.7. The van der Waals surface area contributed by atoms with Gasteiger partial charge in [0.05, 0.1) is 25.4 Å². The molecule has 0 aromatic carbocycles. The molecule has 95 heavy (non-hydrogen) atoms. The van der Waals surface area contributed by atoms with Crippen LogP contribution in [0.2, 0.25) is 0 Å². The highest BCUT2D eigenvalue weighted by Gasteiger charge is 2.44. The summed E-state index contributed by atoms with van der Waals surface area (Å²) >= 11 is 0. The molecule has 1 amide bonds. The van der Waals surface area contributed by atoms with Gasteiger partial charge in [0.15, 0.2) is 6.29 Å². The summed E-state index contributed by atoms with van der Waals surface area (Å²) in [7, 11) is 0. The van der Waals surface area contributed by atoms with E-state index in [0.29, 0.717) is 19.3 Å². The lowest BCUT2D eigenvalue weighted by Gasteiger charge is -2.40. The first-order valence-electron chi connectivity index (χ1n) is 42.2. The van der Waals surface area contributed by atoms with Gasteiger partial charge in [-0.3, -0.25) is 4.79 Å². The maximum atomic E-state index is 13.3. The summed E-state index contributed by atoms with van der Waals surface area (Å²) in [5, 5.41) is 76.7. The first-order valence-corrected chi connectivity index (χ1v) is 42.2. The highest BCUT2D eigenvalue weighted by atomic mass is 16.7. The second-order valence-electron chi connectivity index (χ2n) is 29.9. The van der Waals surface area contributed by atoms with Gasteiger partial charge in [0, 0.05) is 0 Å². The number of aliphatic hydroxyl groups is 7. The van der Waals surface area contributed by atoms with Crippen LogP contribution in [-0.2, 0) is 14.3 Å². The molecule has 1 fully saturated rings. The van der Waals surface area contributed by atoms with Gasteiger partial charge in [-0.05, 0) is 51.4 Å². The van der Waals surface area contributed by atoms with Crippen molar-refractivity contribution in [3.8, 4) is 0 Å². The van der Waals surface area contributed by atoms with Crippen molar-refractivity contribution >= 4 is 5.91 Å². The molecular formula is C84H163NO10. The smallest absolute Gasteiger partial charge is 0.249 e. The summed E-state index contributed by atoms with van der Waals surface area (Å²) in [6.45, 7) is 3.52. The Morgan fingerprint density at radius 3 is 0.937 bits per heavy atom. The van der Waals surface area contributed by atoms with Crippen molar-refractivity contribution in [2.24, 2.45) is 0 Å². The Hall–Kier alpha value is -1.41. The molecule has 9 unspecified atom stereocenters. The topological polar surface area (TPSA) is 189 Å². The number of unbranched alkanes of at least 4 members (excludes halogenated alkanes) is 60. The van der Waals surface area contributed by atoms with Crippen molar-refractivity contribution in [1.29, 1.82) is 0 Å². The largest absolute Gasteiger partial charge is 0.394 e. The number of amides is 1. The summed E-state index contributed by atoms with van der Waals surface area (Å²) in [6.07, 6.45) is 83.3. The van der Waals surface area contributed by atoms with Crippen LogP contribution < -0.4 is 5.32 Å². The molecule has 1 aliphatic heterocycles. The zero-order valence-corrected chi connectivity index (χ0v) is 62.9. The number of hydrogen-bond acceptors (Lipinski definition) is 10. The van der Waals surface area contributed by atoms with Crippen LogP contribution in [0.4, 0.5) is 0 Å². The normalized spacial score (nSPS) is 18.2. The minimum atomic E-state index is -1.67. The highest BCUT2D eigenvalue weighted by molar-refractivity contribution is 5.80. The van der Waals surface area contributed by atoms with E-state index in [9.17, 15) is 40.5 Å². The van der Waals surface area contributed by atoms with Gasteiger partial charge >= 0.3 is 0 Å². The molecule has 11 heteroatoms. The van der Waals surface area contributed by atoms with Crippen LogP contribution >= 0.6 is 0 Å². The van der Waals surface area contributed by atoms with E-state index in [-0.39, 0.29) is 12.8 Å². The average Bonchev–Trinajstić information content (AvgIpc) is 0.832. The minimum absolute atomic E-state index is 0.250. The van der Waals surface area contributed by atoms with Gasteiger partial charge < -0.3 is 50.5 Å². The quantitative estimate of drug-likeness (QED) is 0.0215. The van der Waals surface area contributed by atoms with Crippen LogP contribution in [0.25, 0.3) is 0 Å². The predicted octanol–water partition coefficient (Wildman–Crippen LogP) is 22.3. The zero-order valence-electron chi connectivity index (χ0n) is 62.9. The van der Waals surface area contributed by atoms with Crippen molar-refractivity contribution in [1.82, 2.24) is 5.32 Å². The van der Waals surface area contributed by atoms with Crippen molar-refractivity contribution in [3.05, 3.63) is 24.3 Å². The molecule has 1 rings (SSSR count). The van der Waals surface area contributed by atoms with E-state index in [1.165, 1.54) is 353 Å². The van der Waals surface area contributed by atoms with Gasteiger partial charge in [-0.2, -0.15) is 0 Å². The molecule has 1 aliphatic rings. The lowest BCUT2D eigenvalue weighted by atomic mass is 9.98. The molecule has 0 aromatic heterocycles. The molecule has 0 radical (unpaired) electrons. The third-order valence-electron chi connectivity index (χ3n) is 20.7. The fraction of sp³-hybridized carbons (Fsp3) is 0.940. The Bertz CT molecular complexity index is 1600. The molecule has 9 atom stereocenters. The van der Waals surface area contributed by atoms with E-state index in [4.69, 9.17) is 9.47 Å². The standard InChI is InChI=1S/C84H163NO10/c1-3-5-7-9-11-13-15-17-19-21-23-25-27-29-31-33-35-36-37-38-39-40-41-42-44-46-48-50-52-54-56-58-60-62-64-66-68-70-72-77(88)83(93)85-75(74-94-84-82(92)81(91)80(90)78(73-86)95-84)79(89)76(87)71-69-67-65-63-61-59-57-55-53-51-49-47-45-43-34-32-30-28-26-24-22-20-18-16-14-12-10-8-6-4-2/h55,57,63,65,75-82,84,86-92H,3-54,56,58-62,64,66-74H2,1-2H3,(H,85,93)/b57-55+,65-63+. The molecule has 1 saturated heterocycles. The van der Waals surface area contributed by atoms with E-state index < -0.39 is 74.2 Å². The number of ether oxygens (including phenoxy) is 2. The van der Waals surface area contributed by atoms with Crippen LogP contribution in [0.1, 0.15) is 438 Å². The third kappa shape index (κ3) is 58.9. The first kappa shape index (κ1) is 91.6. The summed E-state index contributed by atoms with van der Waals surface area (Å²) in [6, 6.07) is -1.19. The fourth-order valence-corrected chi connectivity index (χ4v) is 14.1. The molecule has 0 bridgehead atoms. The summed E-state index contributed by atoms with van der Waals surface area (Å²) in [4.78, 5) is 13.3. The number of rotatable bonds is 76. The average molecular weight is 1350 g/mol. The van der Waals surface area contributed by atoms with Gasteiger partial charge in [-0.15, -0.1) is 0 Å². The number of hydrogen-bond donors (Lipinski definition) is 8. The molecule has 0 saturated carbocycles. The van der Waals surface area contributed by atoms with Gasteiger partial charge in [0.25, 0.3) is 0 Å². The van der Waals surface area contributed by atoms with E-state index in [1.807, 2.05) is 0 Å². The number of carbonyl (C=O) groups excluding carboxylic acids is 1. The molecule has 11 nitrogen and oxygen atoms in total. The number of nitrogens with one attached hydrogen (secondary N) is 1. The third-order valence-corrected chi connectivity index (χ3v) is 20.7. The van der Waals surface area contributed by atoms with Crippen LogP contribution in [0.5, 0.6) is 0 Å². The molecule has 0 spiro atoms. The van der Waals surface area contributed by atoms with Crippen molar-refractivity contribution < 1.29 is 50.0 Å². The molecule has 1 heterocycles. The van der Waals surface area contributed by atoms with E-state index in [1.54, 1.807) is 0 Å². The fourth-order valence-electron chi connectivity index (χ4n) is 14.1. The van der Waals surface area contributed by atoms with Gasteiger partial charge in [-0.1, -0.05) is 411 Å². The SMILES string of the molecule is CCCCCCCCCCCCCCCCCCCCCCC/C=C/CC/C=C/CCCC(O)C(O)C(COC1OC(CO)C(O)C(O)C1O)NC(=O)C(O)CCCCCCCCCCCCCCCCCCCCCCCCCCCCCCCCCCCCCCCC. The Morgan fingerprint density at radius 1 is 0.358 bits per heavy atom. The van der Waals surface area contributed by atoms with E-state index in [2.05, 4.69) is 43.5 Å². The number of aliphatic hydroxyl groups excluding tert-OH is 7. The second-order valence-corrected chi connectivity index (χ2v) is 29.9. The summed E-state index contributed by atoms with van der Waals surface area (Å²) < 4.78 is 11.2. The molecule has 0 aromatic rings. The Balaban J connectivity index is 2.11. The van der Waals surface area contributed by atoms with Crippen LogP contribution in [0.15, 0.2) is 24.3 Å². The van der Waals surface area contributed by atoms with Gasteiger partial charge in [0.2, 0.25) is 5.91 Å². The van der Waals surface area contributed by atoms with Gasteiger partial charge in [-0.25, -0.2) is 0 Å². The van der Waals surface area contributed by atoms with Gasteiger partial charge in [0.1, 0.15) is 36.6 Å². The zero-order chi connectivity index (χ0) is 68.8. The lowest BCUT2D eigenvalue weighted by Crippen LogP contribution is -2.60. The van der Waals surface area contributed by atoms with Crippen molar-refractivity contribution in [2.45, 2.75) is 493 Å². The van der Waals surface area contributed by atoms with Crippen molar-refractivity contribution in [2.75, 3.05) is 13.2 Å². The summed E-state index contributed by atoms with van der Waals surface area (Å²) in [5.41, 5.74) is 0. The summed E-state index contributed by atoms with van der Waals surface area (Å²) in [5.74, 6) is -0.701. The Morgan fingerprint density at radius 2 is 0.632 bits per heavy atom. The Kier molecular flexibility index (Phi) is 69.8. The number of carbonyl (C=O) groups is 1. The monoisotopic (exact) mass is 1350 g/mol. The predicted molar refractivity (Wildman–Crippen MR) is 404 cm³/mol. The van der Waals surface area contributed by atoms with Crippen LogP contribution in [0.3, 0.4) is 0 Å². The molecule has 0 aliphatic carbocycles. The van der Waals surface area contributed by atoms with Crippen molar-refractivity contribution in [3.63, 3.8) is 0 Å². The van der Waals surface area contributed by atoms with E-state index in [0.717, 1.165) is 38.5 Å². The molecule has 8 N–H and O–H groups in total. The maximum Gasteiger partial charge on any atom is 0.249 e.